The lowest BCUT2D eigenvalue weighted by Gasteiger charge is -1.99. The normalized spacial score (nSPS) is 12.1. The lowest BCUT2D eigenvalue weighted by molar-refractivity contribution is 0.616. The number of hydrogen-bond donors (Lipinski definition) is 0. The van der Waals surface area contributed by atoms with Crippen LogP contribution < -0.4 is 10.4 Å². The maximum absolute atomic E-state index is 13.9. The van der Waals surface area contributed by atoms with Crippen LogP contribution in [0.1, 0.15) is 0 Å². The molecule has 3 aromatic carbocycles. The quantitative estimate of drug-likeness (QED) is 0.267. The number of benzene rings is 3. The molecule has 146 valence electrons. The van der Waals surface area contributed by atoms with Gasteiger partial charge < -0.3 is 8.83 Å². The van der Waals surface area contributed by atoms with Crippen molar-refractivity contribution >= 4 is 75.6 Å². The first-order chi connectivity index (χ1) is 15.0. The molecule has 8 heteroatoms. The molecule has 31 heavy (non-hydrogen) atoms. The van der Waals surface area contributed by atoms with E-state index in [9.17, 15) is 24.6 Å². The Morgan fingerprint density at radius 1 is 0.742 bits per heavy atom. The van der Waals surface area contributed by atoms with E-state index in [0.717, 1.165) is 0 Å². The van der Waals surface area contributed by atoms with Crippen molar-refractivity contribution in [3.8, 4) is 18.2 Å². The van der Waals surface area contributed by atoms with Gasteiger partial charge in [-0.3, -0.25) is 0 Å². The Labute approximate surface area is 185 Å². The summed E-state index contributed by atoms with van der Waals surface area (Å²) in [7, 11) is 0. The van der Waals surface area contributed by atoms with Crippen molar-refractivity contribution in [2.45, 2.75) is 0 Å². The molecule has 0 atom stereocenters. The molecule has 0 unspecified atom stereocenters. The highest BCUT2D eigenvalue weighted by Crippen LogP contribution is 2.33. The number of furan rings is 2. The van der Waals surface area contributed by atoms with Gasteiger partial charge in [0.05, 0.1) is 10.4 Å². The van der Waals surface area contributed by atoms with Crippen LogP contribution in [0.3, 0.4) is 0 Å². The average Bonchev–Trinajstić information content (AvgIpc) is 3.31. The van der Waals surface area contributed by atoms with Crippen molar-refractivity contribution in [1.82, 2.24) is 0 Å². The third kappa shape index (κ3) is 2.61. The van der Waals surface area contributed by atoms with Crippen molar-refractivity contribution in [3.63, 3.8) is 0 Å². The first-order valence-electron chi connectivity index (χ1n) is 8.78. The van der Waals surface area contributed by atoms with Crippen LogP contribution in [-0.2, 0) is 0 Å². The molecule has 0 saturated heterocycles. The Morgan fingerprint density at radius 2 is 1.23 bits per heavy atom. The maximum Gasteiger partial charge on any atom is 0.146 e. The van der Waals surface area contributed by atoms with Crippen molar-refractivity contribution in [1.29, 1.82) is 15.8 Å². The van der Waals surface area contributed by atoms with Crippen molar-refractivity contribution in [2.75, 3.05) is 0 Å². The minimum absolute atomic E-state index is 0.151. The monoisotopic (exact) mass is 521 g/mol. The lowest BCUT2D eigenvalue weighted by atomic mass is 10.0. The molecule has 5 aromatic rings. The summed E-state index contributed by atoms with van der Waals surface area (Å²) in [6, 6.07) is 13.7. The Bertz CT molecular complexity index is 1840. The van der Waals surface area contributed by atoms with Gasteiger partial charge in [0.15, 0.2) is 0 Å². The van der Waals surface area contributed by atoms with Crippen LogP contribution in [-0.4, -0.2) is 0 Å². The van der Waals surface area contributed by atoms with Gasteiger partial charge in [0, 0.05) is 33.7 Å². The summed E-state index contributed by atoms with van der Waals surface area (Å²) in [6.45, 7) is 0. The first-order valence-corrected chi connectivity index (χ1v) is 9.86. The molecule has 0 amide bonds. The van der Waals surface area contributed by atoms with Gasteiger partial charge in [0.1, 0.15) is 61.3 Å². The molecule has 0 aliphatic carbocycles. The van der Waals surface area contributed by atoms with Crippen LogP contribution in [0.15, 0.2) is 45.2 Å². The Morgan fingerprint density at radius 3 is 1.71 bits per heavy atom. The third-order valence-electron chi connectivity index (χ3n) is 5.05. The summed E-state index contributed by atoms with van der Waals surface area (Å²) >= 11 is 1.85. The number of fused-ring (bicyclic) bond motifs is 6. The lowest BCUT2D eigenvalue weighted by Crippen LogP contribution is -2.15. The fourth-order valence-corrected chi connectivity index (χ4v) is 4.37. The minimum Gasteiger partial charge on any atom is -0.455 e. The molecule has 5 rings (SSSR count). The number of nitriles is 3. The number of hydrogen-bond acceptors (Lipinski definition) is 5. The van der Waals surface area contributed by atoms with Crippen LogP contribution in [0.25, 0.3) is 53.0 Å². The molecular formula is C23H6F2IN3O2. The van der Waals surface area contributed by atoms with Crippen LogP contribution >= 0.6 is 22.6 Å². The molecule has 0 aliphatic rings. The van der Waals surface area contributed by atoms with E-state index in [2.05, 4.69) is 6.07 Å². The summed E-state index contributed by atoms with van der Waals surface area (Å²) in [5.74, 6) is -1.05. The highest BCUT2D eigenvalue weighted by atomic mass is 127. The summed E-state index contributed by atoms with van der Waals surface area (Å²) in [4.78, 5) is 0. The van der Waals surface area contributed by atoms with Crippen LogP contribution in [0.2, 0.25) is 0 Å². The number of nitrogens with zero attached hydrogens (tertiary/aromatic N) is 3. The average molecular weight is 521 g/mol. The zero-order valence-corrected chi connectivity index (χ0v) is 17.4. The molecule has 0 aliphatic heterocycles. The molecular weight excluding hydrogens is 515 g/mol. The Balaban J connectivity index is 2.32. The number of rotatable bonds is 0. The van der Waals surface area contributed by atoms with Gasteiger partial charge >= 0.3 is 0 Å². The summed E-state index contributed by atoms with van der Waals surface area (Å²) < 4.78 is 39.9. The van der Waals surface area contributed by atoms with E-state index in [4.69, 9.17) is 8.83 Å². The van der Waals surface area contributed by atoms with Gasteiger partial charge in [-0.15, -0.1) is 0 Å². The molecule has 0 spiro atoms. The maximum atomic E-state index is 13.9. The fraction of sp³-hybridized carbons (Fsp3) is 0. The van der Waals surface area contributed by atoms with Crippen LogP contribution in [0, 0.1) is 45.6 Å². The van der Waals surface area contributed by atoms with E-state index in [-0.39, 0.29) is 36.7 Å². The zero-order valence-electron chi connectivity index (χ0n) is 15.3. The van der Waals surface area contributed by atoms with Crippen molar-refractivity contribution in [2.24, 2.45) is 0 Å². The second-order valence-corrected chi connectivity index (χ2v) is 7.75. The number of halogens is 3. The van der Waals surface area contributed by atoms with E-state index in [1.165, 1.54) is 36.4 Å². The second-order valence-electron chi connectivity index (χ2n) is 6.67. The van der Waals surface area contributed by atoms with E-state index >= 15 is 0 Å². The zero-order chi connectivity index (χ0) is 21.9. The van der Waals surface area contributed by atoms with E-state index < -0.39 is 11.6 Å². The van der Waals surface area contributed by atoms with Gasteiger partial charge in [-0.05, 0) is 46.9 Å². The Kier molecular flexibility index (Phi) is 4.18. The van der Waals surface area contributed by atoms with Crippen molar-refractivity contribution in [3.05, 3.63) is 58.5 Å². The van der Waals surface area contributed by atoms with E-state index in [1.807, 2.05) is 34.7 Å². The molecule has 5 nitrogen and oxygen atoms in total. The molecule has 2 aromatic heterocycles. The Hall–Kier alpha value is -3.94. The molecule has 0 bridgehead atoms. The summed E-state index contributed by atoms with van der Waals surface area (Å²) in [6.07, 6.45) is 0. The molecule has 0 N–H and O–H groups in total. The SMILES string of the molecule is N#CC(C#N)=c1c2oc3cc(F)ccc3c2/c(=C(/I)C#N)c2oc3cc(F)ccc3c12. The summed E-state index contributed by atoms with van der Waals surface area (Å²) in [5.41, 5.74) is 0.498. The topological polar surface area (TPSA) is 97.6 Å². The van der Waals surface area contributed by atoms with E-state index in [1.54, 1.807) is 0 Å². The highest BCUT2D eigenvalue weighted by Gasteiger charge is 2.22. The largest absolute Gasteiger partial charge is 0.455 e. The van der Waals surface area contributed by atoms with Crippen LogP contribution in [0.5, 0.6) is 0 Å². The smallest absolute Gasteiger partial charge is 0.146 e. The van der Waals surface area contributed by atoms with Gasteiger partial charge in [-0.1, -0.05) is 0 Å². The predicted molar refractivity (Wildman–Crippen MR) is 118 cm³/mol. The van der Waals surface area contributed by atoms with Gasteiger partial charge in [-0.2, -0.15) is 15.8 Å². The highest BCUT2D eigenvalue weighted by molar-refractivity contribution is 14.1. The van der Waals surface area contributed by atoms with E-state index in [0.29, 0.717) is 26.8 Å². The minimum atomic E-state index is -0.525. The fourth-order valence-electron chi connectivity index (χ4n) is 3.86. The second kappa shape index (κ2) is 6.80. The molecule has 0 radical (unpaired) electrons. The predicted octanol–water partition coefficient (Wildman–Crippen LogP) is 5.03. The molecule has 0 saturated carbocycles. The first kappa shape index (κ1) is 19.0. The van der Waals surface area contributed by atoms with Gasteiger partial charge in [0.25, 0.3) is 0 Å². The summed E-state index contributed by atoms with van der Waals surface area (Å²) in [5, 5.41) is 31.1. The third-order valence-corrected chi connectivity index (χ3v) is 5.83. The molecule has 2 heterocycles. The van der Waals surface area contributed by atoms with Gasteiger partial charge in [-0.25, -0.2) is 8.78 Å². The van der Waals surface area contributed by atoms with Crippen molar-refractivity contribution < 1.29 is 17.6 Å². The molecule has 0 fully saturated rings. The van der Waals surface area contributed by atoms with Crippen LogP contribution in [0.4, 0.5) is 8.78 Å². The standard InChI is InChI=1S/C23H6F2IN3O2/c24-11-1-3-13-16(5-11)31-23-19(13)18(10(7-27)8-28)22-20(21(23)15(26)9-29)14-4-2-12(25)6-17(14)30-22/h1-6H/b21-15-. The van der Waals surface area contributed by atoms with Gasteiger partial charge in [0.2, 0.25) is 0 Å².